The van der Waals surface area contributed by atoms with Crippen molar-refractivity contribution in [2.75, 3.05) is 11.1 Å². The number of carbonyl (C=O) groups is 1. The van der Waals surface area contributed by atoms with Gasteiger partial charge in [-0.3, -0.25) is 18.6 Å². The highest BCUT2D eigenvalue weighted by Gasteiger charge is 2.18. The Kier molecular flexibility index (Phi) is 6.83. The summed E-state index contributed by atoms with van der Waals surface area (Å²) in [4.78, 5) is 25.9. The molecule has 4 aromatic rings. The predicted molar refractivity (Wildman–Crippen MR) is 134 cm³/mol. The topological polar surface area (TPSA) is 81.3 Å². The summed E-state index contributed by atoms with van der Waals surface area (Å²) in [5.41, 5.74) is 3.72. The minimum atomic E-state index is -0.0989. The lowest BCUT2D eigenvalue weighted by atomic mass is 10.1. The third kappa shape index (κ3) is 4.66. The molecule has 2 aromatic heterocycles. The number of para-hydroxylation sites is 2. The molecule has 8 heteroatoms. The number of nitrogens with one attached hydrogen (secondary N) is 1. The van der Waals surface area contributed by atoms with Gasteiger partial charge in [0, 0.05) is 12.2 Å². The third-order valence-electron chi connectivity index (χ3n) is 5.75. The van der Waals surface area contributed by atoms with Gasteiger partial charge in [0.2, 0.25) is 11.7 Å². The van der Waals surface area contributed by atoms with Gasteiger partial charge in [-0.1, -0.05) is 62.9 Å². The fourth-order valence-electron chi connectivity index (χ4n) is 3.92. The number of hydrogen-bond acceptors (Lipinski definition) is 5. The van der Waals surface area contributed by atoms with Crippen LogP contribution in [0.2, 0.25) is 0 Å². The van der Waals surface area contributed by atoms with Crippen molar-refractivity contribution in [1.29, 1.82) is 0 Å². The van der Waals surface area contributed by atoms with Crippen LogP contribution in [0.1, 0.15) is 38.3 Å². The lowest BCUT2D eigenvalue weighted by Gasteiger charge is -2.13. The van der Waals surface area contributed by atoms with E-state index in [1.54, 1.807) is 4.57 Å². The first kappa shape index (κ1) is 23.0. The lowest BCUT2D eigenvalue weighted by molar-refractivity contribution is -0.113. The number of aromatic nitrogens is 4. The van der Waals surface area contributed by atoms with Gasteiger partial charge in [-0.25, -0.2) is 0 Å². The molecule has 0 aliphatic carbocycles. The van der Waals surface area contributed by atoms with Crippen molar-refractivity contribution in [3.05, 3.63) is 63.9 Å². The van der Waals surface area contributed by atoms with Gasteiger partial charge < -0.3 is 5.32 Å². The highest BCUT2D eigenvalue weighted by atomic mass is 32.2. The first-order valence-electron chi connectivity index (χ1n) is 11.3. The molecule has 2 aromatic carbocycles. The molecule has 7 nitrogen and oxygen atoms in total. The van der Waals surface area contributed by atoms with E-state index in [1.807, 2.05) is 53.8 Å². The summed E-state index contributed by atoms with van der Waals surface area (Å²) in [6.45, 7) is 8.90. The molecule has 172 valence electrons. The zero-order valence-electron chi connectivity index (χ0n) is 19.5. The summed E-state index contributed by atoms with van der Waals surface area (Å²) in [5.74, 6) is 1.06. The van der Waals surface area contributed by atoms with E-state index in [4.69, 9.17) is 0 Å². The van der Waals surface area contributed by atoms with Crippen LogP contribution < -0.4 is 10.9 Å². The van der Waals surface area contributed by atoms with Crippen LogP contribution in [0.15, 0.2) is 52.4 Å². The summed E-state index contributed by atoms with van der Waals surface area (Å²) < 4.78 is 3.58. The first-order valence-corrected chi connectivity index (χ1v) is 12.3. The first-order chi connectivity index (χ1) is 15.9. The number of hydrogen-bond donors (Lipinski definition) is 1. The standard InChI is InChI=1S/C25H29N5O2S/c1-5-18-10-8-9-17(4)22(18)26-21(31)15-33-25-28-27-24-29(14-13-16(2)3)23(32)19-11-6-7-12-20(19)30(24)25/h6-12,16H,5,13-15H2,1-4H3,(H,26,31). The Bertz CT molecular complexity index is 1370. The number of carbonyl (C=O) groups excluding carboxylic acids is 1. The van der Waals surface area contributed by atoms with E-state index < -0.39 is 0 Å². The van der Waals surface area contributed by atoms with Gasteiger partial charge in [-0.05, 0) is 48.9 Å². The van der Waals surface area contributed by atoms with Gasteiger partial charge in [0.1, 0.15) is 0 Å². The van der Waals surface area contributed by atoms with Crippen LogP contribution >= 0.6 is 11.8 Å². The molecule has 0 aliphatic heterocycles. The van der Waals surface area contributed by atoms with Gasteiger partial charge >= 0.3 is 0 Å². The zero-order chi connectivity index (χ0) is 23.5. The van der Waals surface area contributed by atoms with Crippen molar-refractivity contribution < 1.29 is 4.79 Å². The van der Waals surface area contributed by atoms with E-state index in [1.165, 1.54) is 11.8 Å². The second-order valence-corrected chi connectivity index (χ2v) is 9.52. The van der Waals surface area contributed by atoms with Crippen molar-refractivity contribution in [2.24, 2.45) is 5.92 Å². The van der Waals surface area contributed by atoms with Crippen molar-refractivity contribution in [1.82, 2.24) is 19.2 Å². The highest BCUT2D eigenvalue weighted by molar-refractivity contribution is 7.99. The van der Waals surface area contributed by atoms with Crippen LogP contribution in [-0.4, -0.2) is 30.8 Å². The monoisotopic (exact) mass is 463 g/mol. The Morgan fingerprint density at radius 3 is 2.67 bits per heavy atom. The molecular weight excluding hydrogens is 434 g/mol. The van der Waals surface area contributed by atoms with Crippen LogP contribution in [0.4, 0.5) is 5.69 Å². The van der Waals surface area contributed by atoms with E-state index >= 15 is 0 Å². The molecule has 0 aliphatic rings. The molecule has 0 atom stereocenters. The fraction of sp³-hybridized carbons (Fsp3) is 0.360. The minimum Gasteiger partial charge on any atom is -0.325 e. The molecule has 33 heavy (non-hydrogen) atoms. The highest BCUT2D eigenvalue weighted by Crippen LogP contribution is 2.24. The largest absolute Gasteiger partial charge is 0.325 e. The number of thioether (sulfide) groups is 1. The molecule has 0 radical (unpaired) electrons. The van der Waals surface area contributed by atoms with Crippen LogP contribution in [0, 0.1) is 12.8 Å². The Balaban J connectivity index is 1.65. The average Bonchev–Trinajstić information content (AvgIpc) is 3.22. The molecule has 0 fully saturated rings. The van der Waals surface area contributed by atoms with Crippen molar-refractivity contribution in [3.8, 4) is 0 Å². The molecule has 0 bridgehead atoms. The number of rotatable bonds is 8. The summed E-state index contributed by atoms with van der Waals surface area (Å²) in [6, 6.07) is 13.5. The van der Waals surface area contributed by atoms with Gasteiger partial charge in [0.15, 0.2) is 5.16 Å². The Morgan fingerprint density at radius 2 is 1.91 bits per heavy atom. The number of nitrogens with zero attached hydrogens (tertiary/aromatic N) is 4. The Hall–Kier alpha value is -3.13. The van der Waals surface area contributed by atoms with Crippen molar-refractivity contribution in [3.63, 3.8) is 0 Å². The van der Waals surface area contributed by atoms with Crippen LogP contribution in [0.25, 0.3) is 16.7 Å². The summed E-state index contributed by atoms with van der Waals surface area (Å²) >= 11 is 1.32. The minimum absolute atomic E-state index is 0.0629. The van der Waals surface area contributed by atoms with Gasteiger partial charge in [0.05, 0.1) is 16.7 Å². The zero-order valence-corrected chi connectivity index (χ0v) is 20.3. The number of aryl methyl sites for hydroxylation is 3. The van der Waals surface area contributed by atoms with Crippen LogP contribution in [0.3, 0.4) is 0 Å². The Labute approximate surface area is 197 Å². The Morgan fingerprint density at radius 1 is 1.12 bits per heavy atom. The predicted octanol–water partition coefficient (Wildman–Crippen LogP) is 4.69. The fourth-order valence-corrected chi connectivity index (χ4v) is 4.66. The maximum Gasteiger partial charge on any atom is 0.262 e. The second-order valence-electron chi connectivity index (χ2n) is 8.57. The quantitative estimate of drug-likeness (QED) is 0.383. The molecule has 1 N–H and O–H groups in total. The molecule has 0 unspecified atom stereocenters. The molecule has 0 saturated heterocycles. The van der Waals surface area contributed by atoms with Crippen LogP contribution in [-0.2, 0) is 17.8 Å². The normalized spacial score (nSPS) is 11.5. The van der Waals surface area contributed by atoms with Gasteiger partial charge in [-0.15, -0.1) is 10.2 Å². The molecule has 4 rings (SSSR count). The number of amides is 1. The second kappa shape index (κ2) is 9.79. The van der Waals surface area contributed by atoms with Crippen LogP contribution in [0.5, 0.6) is 0 Å². The van der Waals surface area contributed by atoms with E-state index in [0.717, 1.165) is 35.2 Å². The van der Waals surface area contributed by atoms with Gasteiger partial charge in [0.25, 0.3) is 5.56 Å². The number of anilines is 1. The lowest BCUT2D eigenvalue weighted by Crippen LogP contribution is -2.24. The number of fused-ring (bicyclic) bond motifs is 3. The summed E-state index contributed by atoms with van der Waals surface area (Å²) in [6.07, 6.45) is 1.71. The van der Waals surface area contributed by atoms with E-state index in [2.05, 4.69) is 36.3 Å². The SMILES string of the molecule is CCc1cccc(C)c1NC(=O)CSc1nnc2n(CCC(C)C)c(=O)c3ccccc3n12. The van der Waals surface area contributed by atoms with Crippen molar-refractivity contribution >= 4 is 40.0 Å². The van der Waals surface area contributed by atoms with E-state index in [9.17, 15) is 9.59 Å². The molecule has 2 heterocycles. The molecule has 0 saturated carbocycles. The third-order valence-corrected chi connectivity index (χ3v) is 6.67. The average molecular weight is 464 g/mol. The van der Waals surface area contributed by atoms with E-state index in [-0.39, 0.29) is 17.2 Å². The molecular formula is C25H29N5O2S. The van der Waals surface area contributed by atoms with E-state index in [0.29, 0.717) is 28.8 Å². The maximum absolute atomic E-state index is 13.1. The summed E-state index contributed by atoms with van der Waals surface area (Å²) in [5, 5.41) is 12.9. The molecule has 1 amide bonds. The summed E-state index contributed by atoms with van der Waals surface area (Å²) in [7, 11) is 0. The number of benzene rings is 2. The van der Waals surface area contributed by atoms with Gasteiger partial charge in [-0.2, -0.15) is 0 Å². The maximum atomic E-state index is 13.1. The molecule has 0 spiro atoms. The van der Waals surface area contributed by atoms with Crippen molar-refractivity contribution in [2.45, 2.75) is 52.2 Å². The smallest absolute Gasteiger partial charge is 0.262 e.